The number of aliphatic hydroxyl groups excluding tert-OH is 1. The maximum Gasteiger partial charge on any atom is 0.317 e. The molecule has 0 spiro atoms. The minimum atomic E-state index is -0.640. The van der Waals surface area contributed by atoms with Crippen molar-refractivity contribution in [3.05, 3.63) is 28.9 Å². The van der Waals surface area contributed by atoms with Crippen LogP contribution in [0.25, 0.3) is 10.9 Å². The first-order chi connectivity index (χ1) is 12.0. The molecule has 1 fully saturated rings. The van der Waals surface area contributed by atoms with E-state index in [2.05, 4.69) is 17.3 Å². The Labute approximate surface area is 151 Å². The molecule has 0 radical (unpaired) electrons. The lowest BCUT2D eigenvalue weighted by molar-refractivity contribution is -0.0116. The molecule has 1 aromatic heterocycles. The highest BCUT2D eigenvalue weighted by Gasteiger charge is 2.50. The number of likely N-dealkylation sites (tertiary alicyclic amines) is 1. The van der Waals surface area contributed by atoms with E-state index in [4.69, 9.17) is 11.6 Å². The van der Waals surface area contributed by atoms with E-state index in [1.165, 1.54) is 0 Å². The Hall–Kier alpha value is -1.79. The van der Waals surface area contributed by atoms with Gasteiger partial charge in [0.1, 0.15) is 6.10 Å². The third kappa shape index (κ3) is 2.34. The summed E-state index contributed by atoms with van der Waals surface area (Å²) in [5.41, 5.74) is 1.32. The van der Waals surface area contributed by atoms with Crippen LogP contribution in [0.3, 0.4) is 0 Å². The zero-order valence-corrected chi connectivity index (χ0v) is 15.3. The quantitative estimate of drug-likeness (QED) is 0.863. The molecule has 2 aliphatic heterocycles. The number of aromatic nitrogens is 2. The third-order valence-electron chi connectivity index (χ3n) is 5.90. The first kappa shape index (κ1) is 16.7. The molecule has 1 unspecified atom stereocenters. The fourth-order valence-electron chi connectivity index (χ4n) is 4.49. The van der Waals surface area contributed by atoms with E-state index in [-0.39, 0.29) is 11.9 Å². The summed E-state index contributed by atoms with van der Waals surface area (Å²) in [6.07, 6.45) is 2.86. The number of amides is 2. The number of benzene rings is 1. The lowest BCUT2D eigenvalue weighted by atomic mass is 9.75. The van der Waals surface area contributed by atoms with Gasteiger partial charge in [-0.3, -0.25) is 4.68 Å². The molecule has 0 aliphatic carbocycles. The summed E-state index contributed by atoms with van der Waals surface area (Å²) >= 11 is 6.21. The van der Waals surface area contributed by atoms with Gasteiger partial charge in [0.2, 0.25) is 0 Å². The second-order valence-electron chi connectivity index (χ2n) is 7.21. The predicted octanol–water partition coefficient (Wildman–Crippen LogP) is 2.89. The number of carbonyl (C=O) groups excluding carboxylic acids is 1. The molecule has 2 atom stereocenters. The summed E-state index contributed by atoms with van der Waals surface area (Å²) in [4.78, 5) is 13.9. The molecule has 0 saturated carbocycles. The fraction of sp³-hybridized carbons (Fsp3) is 0.556. The Kier molecular flexibility index (Phi) is 3.92. The van der Waals surface area contributed by atoms with Crippen molar-refractivity contribution >= 4 is 28.5 Å². The summed E-state index contributed by atoms with van der Waals surface area (Å²) in [5.74, 6) is 0.238. The van der Waals surface area contributed by atoms with E-state index < -0.39 is 11.6 Å². The standard InChI is InChI=1S/C18H23ClN4O2/c1-3-20-17(25)22-6-4-12(5-7-22)18(2)16(24)14-9-13(19)8-11-10-21-23(18)15(11)14/h8-10,12,16,24H,3-7H2,1-2H3,(H,20,25)/t16-,18?/m0/s1. The van der Waals surface area contributed by atoms with Crippen LogP contribution in [0.2, 0.25) is 5.02 Å². The van der Waals surface area contributed by atoms with Crippen LogP contribution in [0.5, 0.6) is 0 Å². The predicted molar refractivity (Wildman–Crippen MR) is 96.7 cm³/mol. The van der Waals surface area contributed by atoms with Gasteiger partial charge >= 0.3 is 6.03 Å². The molecule has 2 N–H and O–H groups in total. The van der Waals surface area contributed by atoms with Crippen molar-refractivity contribution in [1.82, 2.24) is 20.0 Å². The van der Waals surface area contributed by atoms with Crippen molar-refractivity contribution in [2.75, 3.05) is 19.6 Å². The van der Waals surface area contributed by atoms with Crippen LogP contribution in [0, 0.1) is 5.92 Å². The average molecular weight is 363 g/mol. The minimum absolute atomic E-state index is 0.00498. The molecule has 2 amide bonds. The Morgan fingerprint density at radius 1 is 1.44 bits per heavy atom. The summed E-state index contributed by atoms with van der Waals surface area (Å²) in [7, 11) is 0. The van der Waals surface area contributed by atoms with Gasteiger partial charge in [0, 0.05) is 35.6 Å². The summed E-state index contributed by atoms with van der Waals surface area (Å²) in [6.45, 7) is 6.02. The number of urea groups is 1. The maximum atomic E-state index is 12.0. The largest absolute Gasteiger partial charge is 0.386 e. The van der Waals surface area contributed by atoms with E-state index in [0.29, 0.717) is 24.7 Å². The van der Waals surface area contributed by atoms with Gasteiger partial charge in [0.25, 0.3) is 0 Å². The molecule has 6 nitrogen and oxygen atoms in total. The van der Waals surface area contributed by atoms with Crippen molar-refractivity contribution in [2.24, 2.45) is 5.92 Å². The highest BCUT2D eigenvalue weighted by Crippen LogP contribution is 2.51. The number of halogens is 1. The summed E-state index contributed by atoms with van der Waals surface area (Å²) in [6, 6.07) is 3.73. The van der Waals surface area contributed by atoms with Crippen LogP contribution in [0.1, 0.15) is 38.4 Å². The zero-order chi connectivity index (χ0) is 17.8. The molecule has 1 aromatic carbocycles. The molecule has 3 heterocycles. The van der Waals surface area contributed by atoms with Crippen molar-refractivity contribution in [2.45, 2.75) is 38.3 Å². The maximum absolute atomic E-state index is 12.0. The van der Waals surface area contributed by atoms with E-state index in [9.17, 15) is 9.90 Å². The fourth-order valence-corrected chi connectivity index (χ4v) is 4.73. The van der Waals surface area contributed by atoms with E-state index in [1.54, 1.807) is 0 Å². The van der Waals surface area contributed by atoms with Gasteiger partial charge in [0.05, 0.1) is 17.3 Å². The molecular weight excluding hydrogens is 340 g/mol. The zero-order valence-electron chi connectivity index (χ0n) is 14.5. The molecule has 7 heteroatoms. The number of aliphatic hydroxyl groups is 1. The van der Waals surface area contributed by atoms with E-state index in [1.807, 2.05) is 34.8 Å². The Balaban J connectivity index is 1.62. The first-order valence-electron chi connectivity index (χ1n) is 8.85. The highest BCUT2D eigenvalue weighted by molar-refractivity contribution is 6.31. The van der Waals surface area contributed by atoms with Crippen molar-refractivity contribution in [3.8, 4) is 0 Å². The molecule has 1 saturated heterocycles. The molecule has 2 aromatic rings. The van der Waals surface area contributed by atoms with Gasteiger partial charge in [0.15, 0.2) is 0 Å². The Bertz CT molecular complexity index is 828. The van der Waals surface area contributed by atoms with E-state index in [0.717, 1.165) is 29.3 Å². The lowest BCUT2D eigenvalue weighted by Crippen LogP contribution is -2.50. The second kappa shape index (κ2) is 5.88. The van der Waals surface area contributed by atoms with Gasteiger partial charge in [-0.2, -0.15) is 5.10 Å². The average Bonchev–Trinajstić information content (AvgIpc) is 3.12. The number of piperidine rings is 1. The molecular formula is C18H23ClN4O2. The molecule has 25 heavy (non-hydrogen) atoms. The molecule has 134 valence electrons. The topological polar surface area (TPSA) is 70.4 Å². The lowest BCUT2D eigenvalue weighted by Gasteiger charge is -2.42. The van der Waals surface area contributed by atoms with Gasteiger partial charge in [-0.15, -0.1) is 0 Å². The number of carbonyl (C=O) groups is 1. The second-order valence-corrected chi connectivity index (χ2v) is 7.65. The van der Waals surface area contributed by atoms with Crippen LogP contribution in [-0.2, 0) is 5.54 Å². The van der Waals surface area contributed by atoms with Crippen LogP contribution < -0.4 is 5.32 Å². The number of rotatable bonds is 2. The van der Waals surface area contributed by atoms with Crippen LogP contribution >= 0.6 is 11.6 Å². The van der Waals surface area contributed by atoms with Gasteiger partial charge in [-0.1, -0.05) is 11.6 Å². The van der Waals surface area contributed by atoms with Gasteiger partial charge in [-0.05, 0) is 44.7 Å². The Morgan fingerprint density at radius 3 is 2.84 bits per heavy atom. The van der Waals surface area contributed by atoms with E-state index >= 15 is 0 Å². The number of nitrogens with zero attached hydrogens (tertiary/aromatic N) is 3. The molecule has 4 rings (SSSR count). The van der Waals surface area contributed by atoms with Crippen LogP contribution in [-0.4, -0.2) is 45.5 Å². The Morgan fingerprint density at radius 2 is 2.16 bits per heavy atom. The minimum Gasteiger partial charge on any atom is -0.386 e. The smallest absolute Gasteiger partial charge is 0.317 e. The van der Waals surface area contributed by atoms with Crippen molar-refractivity contribution in [3.63, 3.8) is 0 Å². The molecule has 0 bridgehead atoms. The van der Waals surface area contributed by atoms with Gasteiger partial charge in [-0.25, -0.2) is 4.79 Å². The number of nitrogens with one attached hydrogen (secondary N) is 1. The third-order valence-corrected chi connectivity index (χ3v) is 6.12. The highest BCUT2D eigenvalue weighted by atomic mass is 35.5. The summed E-state index contributed by atoms with van der Waals surface area (Å²) in [5, 5.41) is 20.1. The number of hydrogen-bond acceptors (Lipinski definition) is 3. The monoisotopic (exact) mass is 362 g/mol. The SMILES string of the molecule is CCNC(=O)N1CCC(C2(C)[C@@H](O)c3cc(Cl)cc4cnn2c34)CC1. The van der Waals surface area contributed by atoms with Gasteiger partial charge < -0.3 is 15.3 Å². The van der Waals surface area contributed by atoms with Crippen molar-refractivity contribution in [1.29, 1.82) is 0 Å². The van der Waals surface area contributed by atoms with Crippen molar-refractivity contribution < 1.29 is 9.90 Å². The van der Waals surface area contributed by atoms with Crippen LogP contribution in [0.4, 0.5) is 4.79 Å². The summed E-state index contributed by atoms with van der Waals surface area (Å²) < 4.78 is 1.98. The van der Waals surface area contributed by atoms with Crippen LogP contribution in [0.15, 0.2) is 18.3 Å². The first-order valence-corrected chi connectivity index (χ1v) is 9.23. The molecule has 2 aliphatic rings. The normalized spacial score (nSPS) is 26.4. The number of hydrogen-bond donors (Lipinski definition) is 2.